The summed E-state index contributed by atoms with van der Waals surface area (Å²) in [6.07, 6.45) is -6.24. The smallest absolute Gasteiger partial charge is 0.382 e. The number of alkyl halides is 3. The second-order valence-electron chi connectivity index (χ2n) is 2.65. The lowest BCUT2D eigenvalue weighted by Gasteiger charge is -2.14. The van der Waals surface area contributed by atoms with Crippen LogP contribution in [0.1, 0.15) is 10.5 Å². The second-order valence-corrected chi connectivity index (χ2v) is 2.65. The summed E-state index contributed by atoms with van der Waals surface area (Å²) in [5.41, 5.74) is -0.149. The SMILES string of the molecule is O=C(NCC(O)C(F)(F)F)c1ccon1. The van der Waals surface area contributed by atoms with Crippen LogP contribution in [-0.4, -0.2) is 35.0 Å². The van der Waals surface area contributed by atoms with Gasteiger partial charge in [0.25, 0.3) is 5.91 Å². The molecule has 0 aliphatic heterocycles. The maximum Gasteiger partial charge on any atom is 0.416 e. The molecule has 0 bridgehead atoms. The number of aliphatic hydroxyl groups excluding tert-OH is 1. The van der Waals surface area contributed by atoms with Crippen LogP contribution in [0.5, 0.6) is 0 Å². The third-order valence-corrected chi connectivity index (χ3v) is 1.50. The average molecular weight is 224 g/mol. The molecular formula is C7H7F3N2O3. The van der Waals surface area contributed by atoms with Crippen LogP contribution in [0.2, 0.25) is 0 Å². The van der Waals surface area contributed by atoms with Crippen molar-refractivity contribution in [3.8, 4) is 0 Å². The normalized spacial score (nSPS) is 13.6. The van der Waals surface area contributed by atoms with Gasteiger partial charge in [-0.2, -0.15) is 13.2 Å². The summed E-state index contributed by atoms with van der Waals surface area (Å²) in [6, 6.07) is 1.19. The molecule has 5 nitrogen and oxygen atoms in total. The maximum atomic E-state index is 11.8. The van der Waals surface area contributed by atoms with Crippen molar-refractivity contribution in [1.82, 2.24) is 10.5 Å². The highest BCUT2D eigenvalue weighted by Gasteiger charge is 2.38. The molecule has 1 aromatic rings. The summed E-state index contributed by atoms with van der Waals surface area (Å²) in [5.74, 6) is -0.841. The van der Waals surface area contributed by atoms with Crippen LogP contribution >= 0.6 is 0 Å². The van der Waals surface area contributed by atoms with Gasteiger partial charge in [0.1, 0.15) is 6.26 Å². The minimum absolute atomic E-state index is 0.149. The number of amides is 1. The topological polar surface area (TPSA) is 75.4 Å². The van der Waals surface area contributed by atoms with E-state index in [1.807, 2.05) is 5.32 Å². The van der Waals surface area contributed by atoms with Crippen LogP contribution < -0.4 is 5.32 Å². The predicted molar refractivity (Wildman–Crippen MR) is 40.9 cm³/mol. The molecule has 1 amide bonds. The molecule has 0 aromatic carbocycles. The first-order chi connectivity index (χ1) is 6.91. The Morgan fingerprint density at radius 2 is 2.33 bits per heavy atom. The van der Waals surface area contributed by atoms with Crippen molar-refractivity contribution in [2.75, 3.05) is 6.54 Å². The van der Waals surface area contributed by atoms with Gasteiger partial charge in [0.2, 0.25) is 0 Å². The quantitative estimate of drug-likeness (QED) is 0.775. The maximum absolute atomic E-state index is 11.8. The molecule has 8 heteroatoms. The number of carbonyl (C=O) groups is 1. The van der Waals surface area contributed by atoms with Crippen LogP contribution in [-0.2, 0) is 0 Å². The molecule has 1 unspecified atom stereocenters. The van der Waals surface area contributed by atoms with Crippen molar-refractivity contribution >= 4 is 5.91 Å². The Balaban J connectivity index is 2.42. The molecule has 1 rings (SSSR count). The molecule has 1 aromatic heterocycles. The first-order valence-electron chi connectivity index (χ1n) is 3.84. The lowest BCUT2D eigenvalue weighted by atomic mass is 10.3. The van der Waals surface area contributed by atoms with E-state index in [1.54, 1.807) is 0 Å². The van der Waals surface area contributed by atoms with Gasteiger partial charge < -0.3 is 14.9 Å². The lowest BCUT2D eigenvalue weighted by molar-refractivity contribution is -0.201. The van der Waals surface area contributed by atoms with Crippen LogP contribution in [0, 0.1) is 0 Å². The third kappa shape index (κ3) is 3.24. The Kier molecular flexibility index (Phi) is 3.30. The van der Waals surface area contributed by atoms with E-state index in [4.69, 9.17) is 5.11 Å². The number of hydrogen-bond acceptors (Lipinski definition) is 4. The van der Waals surface area contributed by atoms with Gasteiger partial charge in [-0.25, -0.2) is 0 Å². The number of aliphatic hydroxyl groups is 1. The molecule has 0 aliphatic rings. The van der Waals surface area contributed by atoms with Gasteiger partial charge in [-0.1, -0.05) is 5.16 Å². The van der Waals surface area contributed by atoms with E-state index in [1.165, 1.54) is 6.07 Å². The fourth-order valence-electron chi connectivity index (χ4n) is 0.725. The Morgan fingerprint density at radius 1 is 1.67 bits per heavy atom. The summed E-state index contributed by atoms with van der Waals surface area (Å²) < 4.78 is 39.7. The number of nitrogens with zero attached hydrogens (tertiary/aromatic N) is 1. The van der Waals surface area contributed by atoms with E-state index >= 15 is 0 Å². The van der Waals surface area contributed by atoms with Gasteiger partial charge in [-0.15, -0.1) is 0 Å². The molecule has 1 heterocycles. The summed E-state index contributed by atoms with van der Waals surface area (Å²) in [6.45, 7) is -0.921. The Morgan fingerprint density at radius 3 is 2.80 bits per heavy atom. The van der Waals surface area contributed by atoms with Crippen LogP contribution in [0.3, 0.4) is 0 Å². The number of nitrogens with one attached hydrogen (secondary N) is 1. The van der Waals surface area contributed by atoms with Gasteiger partial charge in [0, 0.05) is 6.07 Å². The molecule has 84 valence electrons. The number of carbonyl (C=O) groups excluding carboxylic acids is 1. The van der Waals surface area contributed by atoms with Crippen molar-refractivity contribution in [2.24, 2.45) is 0 Å². The van der Waals surface area contributed by atoms with E-state index in [9.17, 15) is 18.0 Å². The minimum atomic E-state index is -4.75. The number of hydrogen-bond donors (Lipinski definition) is 2. The van der Waals surface area contributed by atoms with E-state index in [0.717, 1.165) is 6.26 Å². The zero-order valence-electron chi connectivity index (χ0n) is 7.28. The molecule has 0 aliphatic carbocycles. The molecule has 0 fully saturated rings. The van der Waals surface area contributed by atoms with Crippen LogP contribution in [0.15, 0.2) is 16.9 Å². The predicted octanol–water partition coefficient (Wildman–Crippen LogP) is 0.328. The summed E-state index contributed by atoms with van der Waals surface area (Å²) >= 11 is 0. The molecular weight excluding hydrogens is 217 g/mol. The fraction of sp³-hybridized carbons (Fsp3) is 0.429. The van der Waals surface area contributed by atoms with Crippen molar-refractivity contribution < 1.29 is 27.6 Å². The number of aromatic nitrogens is 1. The lowest BCUT2D eigenvalue weighted by Crippen LogP contribution is -2.40. The largest absolute Gasteiger partial charge is 0.416 e. The third-order valence-electron chi connectivity index (χ3n) is 1.50. The van der Waals surface area contributed by atoms with Gasteiger partial charge in [-0.05, 0) is 0 Å². The highest BCUT2D eigenvalue weighted by molar-refractivity contribution is 5.91. The molecule has 1 atom stereocenters. The summed E-state index contributed by atoms with van der Waals surface area (Å²) in [7, 11) is 0. The average Bonchev–Trinajstić information content (AvgIpc) is 2.64. The van der Waals surface area contributed by atoms with Crippen molar-refractivity contribution in [2.45, 2.75) is 12.3 Å². The fourth-order valence-corrected chi connectivity index (χ4v) is 0.725. The Bertz CT molecular complexity index is 323. The van der Waals surface area contributed by atoms with E-state index in [0.29, 0.717) is 0 Å². The summed E-state index contributed by atoms with van der Waals surface area (Å²) in [4.78, 5) is 11.0. The van der Waals surface area contributed by atoms with E-state index in [2.05, 4.69) is 9.68 Å². The van der Waals surface area contributed by atoms with Crippen LogP contribution in [0.4, 0.5) is 13.2 Å². The monoisotopic (exact) mass is 224 g/mol. The Labute approximate surface area is 81.9 Å². The zero-order chi connectivity index (χ0) is 11.5. The second kappa shape index (κ2) is 4.30. The van der Waals surface area contributed by atoms with Gasteiger partial charge in [-0.3, -0.25) is 4.79 Å². The highest BCUT2D eigenvalue weighted by atomic mass is 19.4. The zero-order valence-corrected chi connectivity index (χ0v) is 7.28. The molecule has 15 heavy (non-hydrogen) atoms. The van der Waals surface area contributed by atoms with Crippen molar-refractivity contribution in [1.29, 1.82) is 0 Å². The molecule has 0 radical (unpaired) electrons. The van der Waals surface area contributed by atoms with Crippen molar-refractivity contribution in [3.63, 3.8) is 0 Å². The first kappa shape index (κ1) is 11.5. The molecule has 0 saturated heterocycles. The Hall–Kier alpha value is -1.57. The number of rotatable bonds is 3. The summed E-state index contributed by atoms with van der Waals surface area (Å²) in [5, 5.41) is 13.6. The van der Waals surface area contributed by atoms with Gasteiger partial charge in [0.15, 0.2) is 11.8 Å². The first-order valence-corrected chi connectivity index (χ1v) is 3.84. The minimum Gasteiger partial charge on any atom is -0.382 e. The van der Waals surface area contributed by atoms with Crippen LogP contribution in [0.25, 0.3) is 0 Å². The van der Waals surface area contributed by atoms with E-state index < -0.39 is 24.7 Å². The number of halogens is 3. The van der Waals surface area contributed by atoms with Gasteiger partial charge in [0.05, 0.1) is 6.54 Å². The highest BCUT2D eigenvalue weighted by Crippen LogP contribution is 2.19. The van der Waals surface area contributed by atoms with Crippen molar-refractivity contribution in [3.05, 3.63) is 18.0 Å². The van der Waals surface area contributed by atoms with Gasteiger partial charge >= 0.3 is 6.18 Å². The molecule has 0 spiro atoms. The molecule has 0 saturated carbocycles. The standard InChI is InChI=1S/C7H7F3N2O3/c8-7(9,10)5(13)3-11-6(14)4-1-2-15-12-4/h1-2,5,13H,3H2,(H,11,14). The molecule has 2 N–H and O–H groups in total. The van der Waals surface area contributed by atoms with E-state index in [-0.39, 0.29) is 5.69 Å².